The molecular formula is C39H48N6O7. The van der Waals surface area contributed by atoms with E-state index in [1.807, 2.05) is 99.6 Å². The molecule has 1 aliphatic rings. The Morgan fingerprint density at radius 3 is 2.35 bits per heavy atom. The molecule has 276 valence electrons. The van der Waals surface area contributed by atoms with E-state index in [-0.39, 0.29) is 25.9 Å². The number of carbonyl (C=O) groups is 3. The first kappa shape index (κ1) is 38.1. The minimum absolute atomic E-state index is 0.0443. The van der Waals surface area contributed by atoms with Crippen LogP contribution in [-0.4, -0.2) is 74.7 Å². The summed E-state index contributed by atoms with van der Waals surface area (Å²) in [7, 11) is 1.23. The lowest BCUT2D eigenvalue weighted by atomic mass is 9.86. The van der Waals surface area contributed by atoms with Crippen molar-refractivity contribution in [1.82, 2.24) is 31.2 Å². The monoisotopic (exact) mass is 712 g/mol. The number of methoxy groups -OCH3 is 1. The molecule has 0 saturated carbocycles. The van der Waals surface area contributed by atoms with Crippen LogP contribution >= 0.6 is 0 Å². The summed E-state index contributed by atoms with van der Waals surface area (Å²) in [5.74, 6) is -0.134. The van der Waals surface area contributed by atoms with Gasteiger partial charge in [0.15, 0.2) is 0 Å². The Labute approximate surface area is 303 Å². The summed E-state index contributed by atoms with van der Waals surface area (Å²) in [4.78, 5) is 44.2. The SMILES string of the molecule is COC(=O)N[C@H](C(=O)NN(CCC[C@@](O)(Cc1ccccc1)C(=O)N[C@H]1c2ccccc2C[C@H]1O)Cc1ccc(-c2noc(C)n2)cc1)C(C)(C)C. The number of benzene rings is 3. The zero-order chi connectivity index (χ0) is 37.5. The third-order valence-electron chi connectivity index (χ3n) is 9.23. The zero-order valence-electron chi connectivity index (χ0n) is 30.3. The van der Waals surface area contributed by atoms with Gasteiger partial charge in [-0.3, -0.25) is 15.0 Å². The van der Waals surface area contributed by atoms with E-state index in [9.17, 15) is 24.6 Å². The molecule has 1 heterocycles. The van der Waals surface area contributed by atoms with E-state index in [0.717, 1.165) is 27.8 Å². The standard InChI is InChI=1S/C39H48N6O7/c1-25-40-34(44-52-25)28-18-16-27(17-19-28)24-45(43-35(47)33(38(2,3)4)42-37(49)51-5)21-11-20-39(50,23-26-12-7-6-8-13-26)36(48)41-32-30-15-10-9-14-29(30)22-31(32)46/h6-10,12-19,31-33,46,50H,11,20-24H2,1-5H3,(H,41,48)(H,42,49)(H,43,47)/t31-,32+,33-,39-/m1/s1. The highest BCUT2D eigenvalue weighted by Crippen LogP contribution is 2.32. The smallest absolute Gasteiger partial charge is 0.407 e. The number of nitrogens with one attached hydrogen (secondary N) is 3. The third-order valence-corrected chi connectivity index (χ3v) is 9.23. The highest BCUT2D eigenvalue weighted by molar-refractivity contribution is 5.86. The van der Waals surface area contributed by atoms with Crippen LogP contribution in [0.1, 0.15) is 67.8 Å². The van der Waals surface area contributed by atoms with Crippen molar-refractivity contribution in [3.8, 4) is 11.4 Å². The number of hydrogen-bond donors (Lipinski definition) is 5. The fourth-order valence-corrected chi connectivity index (χ4v) is 6.44. The predicted molar refractivity (Wildman–Crippen MR) is 193 cm³/mol. The number of aliphatic hydroxyl groups is 2. The zero-order valence-corrected chi connectivity index (χ0v) is 30.3. The molecule has 5 N–H and O–H groups in total. The first-order chi connectivity index (χ1) is 24.8. The van der Waals surface area contributed by atoms with E-state index in [2.05, 4.69) is 26.2 Å². The molecule has 0 radical (unpaired) electrons. The lowest BCUT2D eigenvalue weighted by Gasteiger charge is -2.33. The number of aliphatic hydroxyl groups excluding tert-OH is 1. The maximum Gasteiger partial charge on any atom is 0.407 e. The molecule has 0 bridgehead atoms. The quantitative estimate of drug-likeness (QED) is 0.119. The predicted octanol–water partition coefficient (Wildman–Crippen LogP) is 4.18. The molecule has 0 unspecified atom stereocenters. The third kappa shape index (κ3) is 9.60. The lowest BCUT2D eigenvalue weighted by Crippen LogP contribution is -2.57. The number of fused-ring (bicyclic) bond motifs is 1. The van der Waals surface area contributed by atoms with E-state index >= 15 is 0 Å². The van der Waals surface area contributed by atoms with E-state index in [4.69, 9.17) is 9.26 Å². The van der Waals surface area contributed by atoms with Gasteiger partial charge in [-0.1, -0.05) is 105 Å². The Balaban J connectivity index is 1.36. The Hall–Kier alpha value is -5.11. The van der Waals surface area contributed by atoms with Crippen LogP contribution in [0.5, 0.6) is 0 Å². The first-order valence-corrected chi connectivity index (χ1v) is 17.4. The largest absolute Gasteiger partial charge is 0.453 e. The topological polar surface area (TPSA) is 179 Å². The summed E-state index contributed by atoms with van der Waals surface area (Å²) in [5.41, 5.74) is 4.63. The van der Waals surface area contributed by atoms with E-state index in [1.165, 1.54) is 7.11 Å². The van der Waals surface area contributed by atoms with Crippen molar-refractivity contribution < 1.29 is 33.9 Å². The molecule has 1 aromatic heterocycles. The highest BCUT2D eigenvalue weighted by atomic mass is 16.5. The number of amides is 3. The van der Waals surface area contributed by atoms with Gasteiger partial charge < -0.3 is 30.1 Å². The fraction of sp³-hybridized carbons (Fsp3) is 0.410. The van der Waals surface area contributed by atoms with E-state index in [1.54, 1.807) is 11.9 Å². The maximum absolute atomic E-state index is 14.0. The molecule has 0 fully saturated rings. The van der Waals surface area contributed by atoms with Crippen LogP contribution in [0.2, 0.25) is 0 Å². The van der Waals surface area contributed by atoms with Gasteiger partial charge in [-0.15, -0.1) is 0 Å². The number of aryl methyl sites for hydroxylation is 1. The van der Waals surface area contributed by atoms with Gasteiger partial charge in [0.2, 0.25) is 11.7 Å². The molecule has 13 nitrogen and oxygen atoms in total. The number of carbonyl (C=O) groups excluding carboxylic acids is 3. The molecule has 3 aromatic carbocycles. The molecule has 3 amide bonds. The molecule has 52 heavy (non-hydrogen) atoms. The van der Waals surface area contributed by atoms with Gasteiger partial charge in [0.05, 0.1) is 19.3 Å². The van der Waals surface area contributed by atoms with Crippen molar-refractivity contribution in [2.75, 3.05) is 13.7 Å². The number of alkyl carbamates (subject to hydrolysis) is 1. The molecule has 0 saturated heterocycles. The molecule has 4 aromatic rings. The lowest BCUT2D eigenvalue weighted by molar-refractivity contribution is -0.142. The fourth-order valence-electron chi connectivity index (χ4n) is 6.44. The van der Waals surface area contributed by atoms with Gasteiger partial charge in [-0.2, -0.15) is 4.98 Å². The molecule has 13 heteroatoms. The van der Waals surface area contributed by atoms with Gasteiger partial charge >= 0.3 is 6.09 Å². The van der Waals surface area contributed by atoms with Crippen molar-refractivity contribution in [3.63, 3.8) is 0 Å². The Kier molecular flexibility index (Phi) is 12.1. The van der Waals surface area contributed by atoms with Crippen LogP contribution in [0.3, 0.4) is 0 Å². The van der Waals surface area contributed by atoms with E-state index < -0.39 is 47.1 Å². The summed E-state index contributed by atoms with van der Waals surface area (Å²) in [6.45, 7) is 7.72. The van der Waals surface area contributed by atoms with Gasteiger partial charge in [0.25, 0.3) is 11.8 Å². The molecule has 0 spiro atoms. The summed E-state index contributed by atoms with van der Waals surface area (Å²) in [5, 5.41) is 34.2. The minimum Gasteiger partial charge on any atom is -0.453 e. The van der Waals surface area contributed by atoms with Gasteiger partial charge in [-0.25, -0.2) is 9.80 Å². The second kappa shape index (κ2) is 16.5. The average Bonchev–Trinajstić information content (AvgIpc) is 3.69. The van der Waals surface area contributed by atoms with Crippen LogP contribution in [0.15, 0.2) is 83.4 Å². The van der Waals surface area contributed by atoms with Gasteiger partial charge in [0.1, 0.15) is 11.6 Å². The Morgan fingerprint density at radius 1 is 1.00 bits per heavy atom. The van der Waals surface area contributed by atoms with Crippen molar-refractivity contribution >= 4 is 17.9 Å². The summed E-state index contributed by atoms with van der Waals surface area (Å²) in [6, 6.07) is 22.7. The second-order valence-corrected chi connectivity index (χ2v) is 14.4. The van der Waals surface area contributed by atoms with Crippen LogP contribution in [0.4, 0.5) is 4.79 Å². The van der Waals surface area contributed by atoms with Crippen LogP contribution in [0.25, 0.3) is 11.4 Å². The van der Waals surface area contributed by atoms with Crippen LogP contribution < -0.4 is 16.1 Å². The van der Waals surface area contributed by atoms with Crippen LogP contribution in [0, 0.1) is 12.3 Å². The normalized spacial score (nSPS) is 17.2. The highest BCUT2D eigenvalue weighted by Gasteiger charge is 2.41. The summed E-state index contributed by atoms with van der Waals surface area (Å²) >= 11 is 0. The second-order valence-electron chi connectivity index (χ2n) is 14.4. The number of rotatable bonds is 14. The molecular weight excluding hydrogens is 664 g/mol. The van der Waals surface area contributed by atoms with Gasteiger partial charge in [-0.05, 0) is 40.5 Å². The minimum atomic E-state index is -1.83. The molecule has 0 aliphatic heterocycles. The van der Waals surface area contributed by atoms with Crippen molar-refractivity contribution in [3.05, 3.63) is 107 Å². The number of aromatic nitrogens is 2. The van der Waals surface area contributed by atoms with Crippen molar-refractivity contribution in [1.29, 1.82) is 0 Å². The molecule has 4 atom stereocenters. The maximum atomic E-state index is 14.0. The number of hydrazine groups is 1. The van der Waals surface area contributed by atoms with Crippen LogP contribution in [-0.2, 0) is 33.7 Å². The van der Waals surface area contributed by atoms with E-state index in [0.29, 0.717) is 24.6 Å². The summed E-state index contributed by atoms with van der Waals surface area (Å²) in [6.07, 6.45) is -0.764. The number of hydrogen-bond acceptors (Lipinski definition) is 10. The first-order valence-electron chi connectivity index (χ1n) is 17.4. The Bertz CT molecular complexity index is 1820. The number of nitrogens with zero attached hydrogens (tertiary/aromatic N) is 3. The molecule has 5 rings (SSSR count). The summed E-state index contributed by atoms with van der Waals surface area (Å²) < 4.78 is 9.89. The average molecular weight is 713 g/mol. The number of ether oxygens (including phenoxy) is 1. The molecule has 1 aliphatic carbocycles. The Morgan fingerprint density at radius 2 is 1.69 bits per heavy atom. The van der Waals surface area contributed by atoms with Gasteiger partial charge in [0, 0.05) is 38.4 Å². The van der Waals surface area contributed by atoms with Crippen molar-refractivity contribution in [2.45, 2.75) is 83.7 Å². The van der Waals surface area contributed by atoms with Crippen molar-refractivity contribution in [2.24, 2.45) is 5.41 Å².